The second kappa shape index (κ2) is 19.3. The predicted molar refractivity (Wildman–Crippen MR) is 193 cm³/mol. The fraction of sp³-hybridized carbons (Fsp3) is 0.600. The number of hydrogen-bond donors (Lipinski definition) is 1. The van der Waals surface area contributed by atoms with Gasteiger partial charge in [0.25, 0.3) is 17.2 Å². The number of piperazine rings is 1. The molecule has 2 aromatic carbocycles. The minimum absolute atomic E-state index is 0.0724. The van der Waals surface area contributed by atoms with E-state index in [1.807, 2.05) is 18.7 Å². The number of nitro groups is 1. The van der Waals surface area contributed by atoms with Gasteiger partial charge in [0.05, 0.1) is 47.8 Å². The molecule has 11 nitrogen and oxygen atoms in total. The monoisotopic (exact) mass is 722 g/mol. The molecule has 1 N–H and O–H groups in total. The van der Waals surface area contributed by atoms with E-state index in [2.05, 4.69) is 19.8 Å². The molecule has 50 heavy (non-hydrogen) atoms. The maximum Gasteiger partial charge on any atom is 0.269 e. The second-order valence-corrected chi connectivity index (χ2v) is 13.5. The first-order valence-electron chi connectivity index (χ1n) is 17.3. The van der Waals surface area contributed by atoms with Crippen LogP contribution in [0.3, 0.4) is 0 Å². The van der Waals surface area contributed by atoms with E-state index in [4.69, 9.17) is 9.47 Å². The molecule has 0 amide bonds. The van der Waals surface area contributed by atoms with Crippen LogP contribution in [-0.4, -0.2) is 115 Å². The maximum absolute atomic E-state index is 15.2. The molecule has 0 spiro atoms. The van der Waals surface area contributed by atoms with Gasteiger partial charge in [0.15, 0.2) is 0 Å². The number of ether oxygens (including phenoxy) is 2. The van der Waals surface area contributed by atoms with Gasteiger partial charge in [-0.2, -0.15) is 11.8 Å². The summed E-state index contributed by atoms with van der Waals surface area (Å²) < 4.78 is 51.3. The van der Waals surface area contributed by atoms with Crippen molar-refractivity contribution in [3.05, 3.63) is 68.8 Å². The maximum atomic E-state index is 15.2. The Morgan fingerprint density at radius 3 is 2.34 bits per heavy atom. The van der Waals surface area contributed by atoms with Crippen molar-refractivity contribution in [2.24, 2.45) is 5.92 Å². The zero-order chi connectivity index (χ0) is 36.1. The Morgan fingerprint density at radius 1 is 1.00 bits per heavy atom. The van der Waals surface area contributed by atoms with E-state index in [0.717, 1.165) is 57.9 Å². The summed E-state index contributed by atoms with van der Waals surface area (Å²) in [6.07, 6.45) is 2.30. The number of non-ortho nitro benzene ring substituents is 1. The van der Waals surface area contributed by atoms with Crippen molar-refractivity contribution in [3.63, 3.8) is 0 Å². The number of halogens is 3. The molecule has 0 bridgehead atoms. The number of aromatic amines is 1. The number of piperidine rings is 1. The third-order valence-electron chi connectivity index (χ3n) is 9.16. The van der Waals surface area contributed by atoms with Crippen molar-refractivity contribution in [1.29, 1.82) is 0 Å². The van der Waals surface area contributed by atoms with Crippen LogP contribution >= 0.6 is 11.8 Å². The molecule has 3 aromatic rings. The fourth-order valence-electron chi connectivity index (χ4n) is 6.31. The van der Waals surface area contributed by atoms with Gasteiger partial charge in [0, 0.05) is 81.6 Å². The van der Waals surface area contributed by atoms with Crippen molar-refractivity contribution in [2.75, 3.05) is 84.3 Å². The van der Waals surface area contributed by atoms with E-state index < -0.39 is 16.8 Å². The Hall–Kier alpha value is -3.40. The zero-order valence-corrected chi connectivity index (χ0v) is 29.9. The molecular weight excluding hydrogens is 673 g/mol. The summed E-state index contributed by atoms with van der Waals surface area (Å²) in [6, 6.07) is 11.5. The van der Waals surface area contributed by atoms with Gasteiger partial charge in [-0.05, 0) is 50.1 Å². The molecule has 3 aliphatic heterocycles. The standard InChI is InChI=1S/C32H40F2N6O5S.C2H6.CH3F/c33-32(34)22-38(12-11-37-13-15-39(16-14-37)24-1-3-25(4-2-24)40(42)43)10-7-23(32)20-45-26-5-6-28-29(19-26)35-30(36-31(28)41)21-46-27-8-17-44-18-9-27;2*1-2/h1-6,19,23,27H,7-18,20-22H2,(H,35,36,41);1-2H3;1H3. The highest BCUT2D eigenvalue weighted by molar-refractivity contribution is 7.99. The predicted octanol–water partition coefficient (Wildman–Crippen LogP) is 6.01. The van der Waals surface area contributed by atoms with Gasteiger partial charge >= 0.3 is 0 Å². The molecule has 6 rings (SSSR count). The molecule has 276 valence electrons. The van der Waals surface area contributed by atoms with E-state index in [1.165, 1.54) is 12.1 Å². The lowest BCUT2D eigenvalue weighted by atomic mass is 9.93. The molecule has 0 aliphatic carbocycles. The molecule has 15 heteroatoms. The first kappa shape index (κ1) is 39.4. The Balaban J connectivity index is 0.00000136. The van der Waals surface area contributed by atoms with Gasteiger partial charge < -0.3 is 19.4 Å². The number of hydrogen-bond acceptors (Lipinski definition) is 10. The Labute approximate surface area is 295 Å². The highest BCUT2D eigenvalue weighted by Crippen LogP contribution is 2.34. The summed E-state index contributed by atoms with van der Waals surface area (Å²) in [7, 11) is 0.500. The zero-order valence-electron chi connectivity index (χ0n) is 29.1. The molecule has 3 aliphatic rings. The molecule has 0 saturated carbocycles. The van der Waals surface area contributed by atoms with Crippen molar-refractivity contribution in [2.45, 2.75) is 50.0 Å². The highest BCUT2D eigenvalue weighted by atomic mass is 32.2. The van der Waals surface area contributed by atoms with Crippen LogP contribution in [0, 0.1) is 16.0 Å². The number of nitro benzene ring substituents is 1. The molecule has 1 aromatic heterocycles. The quantitative estimate of drug-likeness (QED) is 0.186. The van der Waals surface area contributed by atoms with Crippen LogP contribution in [0.1, 0.15) is 38.9 Å². The SMILES string of the molecule is CC.CF.O=c1[nH]c(CSC2CCOCC2)nc2cc(OCC3CCN(CCN4CCN(c5ccc([N+](=O)[O-])cc5)CC4)CC3(F)F)ccc12. The summed E-state index contributed by atoms with van der Waals surface area (Å²) in [5.74, 6) is -2.17. The minimum Gasteiger partial charge on any atom is -0.493 e. The summed E-state index contributed by atoms with van der Waals surface area (Å²) in [5.41, 5.74) is 1.30. The number of alkyl halides is 3. The Kier molecular flexibility index (Phi) is 15.2. The van der Waals surface area contributed by atoms with E-state index in [0.29, 0.717) is 66.7 Å². The van der Waals surface area contributed by atoms with Crippen molar-refractivity contribution in [1.82, 2.24) is 19.8 Å². The van der Waals surface area contributed by atoms with Crippen molar-refractivity contribution >= 4 is 34.0 Å². The molecule has 3 fully saturated rings. The number of H-pyrrole nitrogens is 1. The number of fused-ring (bicyclic) bond motifs is 1. The average molecular weight is 723 g/mol. The Bertz CT molecular complexity index is 1550. The van der Waals surface area contributed by atoms with Gasteiger partial charge in [-0.1, -0.05) is 13.8 Å². The molecule has 4 heterocycles. The molecule has 1 unspecified atom stereocenters. The highest BCUT2D eigenvalue weighted by Gasteiger charge is 2.44. The summed E-state index contributed by atoms with van der Waals surface area (Å²) in [6.45, 7) is 10.1. The van der Waals surface area contributed by atoms with E-state index in [9.17, 15) is 19.3 Å². The number of aromatic nitrogens is 2. The summed E-state index contributed by atoms with van der Waals surface area (Å²) in [4.78, 5) is 37.0. The number of likely N-dealkylation sites (tertiary alicyclic amines) is 1. The first-order chi connectivity index (χ1) is 24.2. The van der Waals surface area contributed by atoms with Crippen LogP contribution in [0.5, 0.6) is 5.75 Å². The summed E-state index contributed by atoms with van der Waals surface area (Å²) >= 11 is 1.76. The lowest BCUT2D eigenvalue weighted by Crippen LogP contribution is -2.53. The van der Waals surface area contributed by atoms with Crippen LogP contribution in [0.15, 0.2) is 47.3 Å². The average Bonchev–Trinajstić information content (AvgIpc) is 3.14. The third kappa shape index (κ3) is 10.8. The van der Waals surface area contributed by atoms with Crippen LogP contribution in [0.25, 0.3) is 10.9 Å². The number of anilines is 1. The normalized spacial score (nSPS) is 20.0. The topological polar surface area (TPSA) is 117 Å². The van der Waals surface area contributed by atoms with Gasteiger partial charge in [0.2, 0.25) is 0 Å². The fourth-order valence-corrected chi connectivity index (χ4v) is 7.37. The van der Waals surface area contributed by atoms with E-state index in [-0.39, 0.29) is 24.4 Å². The first-order valence-corrected chi connectivity index (χ1v) is 18.3. The van der Waals surface area contributed by atoms with Gasteiger partial charge in [0.1, 0.15) is 11.6 Å². The number of thioether (sulfide) groups is 1. The van der Waals surface area contributed by atoms with Crippen LogP contribution in [0.2, 0.25) is 0 Å². The van der Waals surface area contributed by atoms with E-state index in [1.54, 1.807) is 42.1 Å². The van der Waals surface area contributed by atoms with Crippen LogP contribution in [-0.2, 0) is 10.5 Å². The van der Waals surface area contributed by atoms with E-state index >= 15 is 8.78 Å². The van der Waals surface area contributed by atoms with Crippen molar-refractivity contribution < 1.29 is 27.6 Å². The molecule has 0 radical (unpaired) electrons. The largest absolute Gasteiger partial charge is 0.493 e. The third-order valence-corrected chi connectivity index (χ3v) is 10.5. The number of nitrogens with zero attached hydrogens (tertiary/aromatic N) is 5. The second-order valence-electron chi connectivity index (χ2n) is 12.3. The van der Waals surface area contributed by atoms with Gasteiger partial charge in [-0.3, -0.25) is 29.1 Å². The van der Waals surface area contributed by atoms with Crippen LogP contribution < -0.4 is 15.2 Å². The van der Waals surface area contributed by atoms with Gasteiger partial charge in [-0.25, -0.2) is 13.8 Å². The van der Waals surface area contributed by atoms with Crippen molar-refractivity contribution in [3.8, 4) is 5.75 Å². The molecule has 1 atom stereocenters. The molecular formula is C35H49F3N6O5S. The lowest BCUT2D eigenvalue weighted by molar-refractivity contribution is -0.384. The lowest BCUT2D eigenvalue weighted by Gasteiger charge is -2.40. The van der Waals surface area contributed by atoms with Gasteiger partial charge in [-0.15, -0.1) is 0 Å². The number of rotatable bonds is 11. The smallest absolute Gasteiger partial charge is 0.269 e. The minimum atomic E-state index is -2.88. The summed E-state index contributed by atoms with van der Waals surface area (Å²) in [5, 5.41) is 11.8. The Morgan fingerprint density at radius 2 is 1.68 bits per heavy atom. The van der Waals surface area contributed by atoms with Crippen LogP contribution in [0.4, 0.5) is 24.5 Å². The number of nitrogens with one attached hydrogen (secondary N) is 1. The number of benzene rings is 2. The molecule has 3 saturated heterocycles.